The van der Waals surface area contributed by atoms with Gasteiger partial charge >= 0.3 is 0 Å². The molecule has 1 N–H and O–H groups in total. The minimum Gasteiger partial charge on any atom is -0.364 e. The van der Waals surface area contributed by atoms with Gasteiger partial charge in [-0.15, -0.1) is 0 Å². The molecule has 9 heteroatoms. The summed E-state index contributed by atoms with van der Waals surface area (Å²) in [7, 11) is 0. The molecule has 0 fully saturated rings. The predicted molar refractivity (Wildman–Crippen MR) is 115 cm³/mol. The molecule has 0 spiro atoms. The zero-order chi connectivity index (χ0) is 22.5. The van der Waals surface area contributed by atoms with Crippen LogP contribution < -0.4 is 10.9 Å². The molecule has 0 saturated heterocycles. The molecule has 0 unspecified atom stereocenters. The summed E-state index contributed by atoms with van der Waals surface area (Å²) in [5.74, 6) is -3.02. The van der Waals surface area contributed by atoms with E-state index >= 15 is 0 Å². The van der Waals surface area contributed by atoms with E-state index < -0.39 is 24.8 Å². The minimum absolute atomic E-state index is 0.327. The van der Waals surface area contributed by atoms with E-state index in [0.717, 1.165) is 5.56 Å². The molecule has 0 bridgehead atoms. The van der Waals surface area contributed by atoms with Gasteiger partial charge in [0, 0.05) is 11.6 Å². The molecule has 1 aliphatic heterocycles. The number of fused-ring (bicyclic) bond motifs is 1. The second-order valence-electron chi connectivity index (χ2n) is 7.70. The van der Waals surface area contributed by atoms with E-state index in [4.69, 9.17) is 0 Å². The van der Waals surface area contributed by atoms with Crippen LogP contribution in [-0.2, 0) is 6.54 Å². The van der Waals surface area contributed by atoms with E-state index in [2.05, 4.69) is 15.5 Å². The highest BCUT2D eigenvalue weighted by Crippen LogP contribution is 2.40. The second kappa shape index (κ2) is 7.37. The Morgan fingerprint density at radius 1 is 1.00 bits per heavy atom. The minimum atomic E-state index is -2.97. The molecule has 5 rings (SSSR count). The molecular weight excluding hydrogens is 419 g/mol. The average Bonchev–Trinajstić information content (AvgIpc) is 3.12. The van der Waals surface area contributed by atoms with Crippen LogP contribution in [0.1, 0.15) is 5.56 Å². The van der Waals surface area contributed by atoms with Crippen molar-refractivity contribution in [2.75, 3.05) is 11.9 Å². The predicted octanol–water partition coefficient (Wildman–Crippen LogP) is 4.27. The Balaban J connectivity index is 1.74. The molecular formula is C23H18F3N5O. The normalized spacial score (nSPS) is 14.6. The lowest BCUT2D eigenvalue weighted by Gasteiger charge is -2.25. The highest BCUT2D eigenvalue weighted by molar-refractivity contribution is 5.87. The van der Waals surface area contributed by atoms with Gasteiger partial charge < -0.3 is 5.32 Å². The summed E-state index contributed by atoms with van der Waals surface area (Å²) in [6.07, 6.45) is 0. The van der Waals surface area contributed by atoms with Crippen molar-refractivity contribution >= 4 is 5.82 Å². The van der Waals surface area contributed by atoms with Crippen molar-refractivity contribution < 1.29 is 13.2 Å². The van der Waals surface area contributed by atoms with Gasteiger partial charge in [-0.2, -0.15) is 14.9 Å². The number of halogens is 3. The molecule has 0 atom stereocenters. The molecule has 4 aromatic rings. The van der Waals surface area contributed by atoms with Crippen LogP contribution >= 0.6 is 0 Å². The smallest absolute Gasteiger partial charge is 0.284 e. The van der Waals surface area contributed by atoms with E-state index in [1.165, 1.54) is 45.8 Å². The molecule has 2 aromatic carbocycles. The van der Waals surface area contributed by atoms with Crippen LogP contribution in [0.5, 0.6) is 0 Å². The molecule has 2 aromatic heterocycles. The molecule has 32 heavy (non-hydrogen) atoms. The Hall–Kier alpha value is -3.88. The lowest BCUT2D eigenvalue weighted by atomic mass is 10.0. The summed E-state index contributed by atoms with van der Waals surface area (Å²) in [4.78, 5) is 12.6. The first kappa shape index (κ1) is 20.0. The number of alkyl halides is 2. The van der Waals surface area contributed by atoms with Crippen LogP contribution in [0, 0.1) is 12.7 Å². The second-order valence-corrected chi connectivity index (χ2v) is 7.70. The van der Waals surface area contributed by atoms with Crippen LogP contribution in [0.2, 0.25) is 0 Å². The first-order chi connectivity index (χ1) is 15.3. The number of para-hydroxylation sites is 1. The highest BCUT2D eigenvalue weighted by Gasteiger charge is 2.37. The molecule has 3 heterocycles. The van der Waals surface area contributed by atoms with E-state index in [1.54, 1.807) is 12.1 Å². The van der Waals surface area contributed by atoms with E-state index in [9.17, 15) is 18.0 Å². The third-order valence-electron chi connectivity index (χ3n) is 5.37. The molecule has 6 nitrogen and oxygen atoms in total. The zero-order valence-corrected chi connectivity index (χ0v) is 17.0. The monoisotopic (exact) mass is 437 g/mol. The third-order valence-corrected chi connectivity index (χ3v) is 5.37. The maximum Gasteiger partial charge on any atom is 0.284 e. The Labute approximate surface area is 180 Å². The molecule has 1 aliphatic rings. The maximum atomic E-state index is 14.0. The van der Waals surface area contributed by atoms with Gasteiger partial charge in [-0.1, -0.05) is 18.2 Å². The van der Waals surface area contributed by atoms with Crippen molar-refractivity contribution in [3.05, 3.63) is 82.4 Å². The Kier molecular flexibility index (Phi) is 4.61. The van der Waals surface area contributed by atoms with Crippen molar-refractivity contribution in [3.63, 3.8) is 0 Å². The van der Waals surface area contributed by atoms with Gasteiger partial charge in [0.2, 0.25) is 0 Å². The molecule has 0 radical (unpaired) electrons. The number of hydrogen-bond acceptors (Lipinski definition) is 4. The molecule has 0 saturated carbocycles. The van der Waals surface area contributed by atoms with Crippen molar-refractivity contribution in [2.45, 2.75) is 19.4 Å². The van der Waals surface area contributed by atoms with E-state index in [1.807, 2.05) is 19.1 Å². The van der Waals surface area contributed by atoms with Gasteiger partial charge in [-0.3, -0.25) is 4.79 Å². The quantitative estimate of drug-likeness (QED) is 0.520. The average molecular weight is 437 g/mol. The fraction of sp³-hybridized carbons (Fsp3) is 0.174. The topological polar surface area (TPSA) is 64.7 Å². The lowest BCUT2D eigenvalue weighted by Crippen LogP contribution is -2.38. The third kappa shape index (κ3) is 3.45. The van der Waals surface area contributed by atoms with Crippen LogP contribution in [0.3, 0.4) is 0 Å². The first-order valence-electron chi connectivity index (χ1n) is 9.98. The number of aromatic nitrogens is 4. The van der Waals surface area contributed by atoms with Crippen LogP contribution in [0.25, 0.3) is 28.2 Å². The largest absolute Gasteiger partial charge is 0.364 e. The lowest BCUT2D eigenvalue weighted by molar-refractivity contribution is -0.0110. The van der Waals surface area contributed by atoms with Gasteiger partial charge in [0.25, 0.3) is 11.5 Å². The summed E-state index contributed by atoms with van der Waals surface area (Å²) < 4.78 is 44.0. The number of nitrogens with one attached hydrogen (secondary N) is 1. The van der Waals surface area contributed by atoms with Crippen LogP contribution in [-0.4, -0.2) is 32.0 Å². The van der Waals surface area contributed by atoms with Crippen LogP contribution in [0.15, 0.2) is 65.5 Å². The number of benzene rings is 2. The summed E-state index contributed by atoms with van der Waals surface area (Å²) in [6.45, 7) is 0.721. The molecule has 162 valence electrons. The SMILES string of the molecule is Cc1ccccc1-n1nc(-c2c(-c3ccc(F)cc3)nn3c2NCC(F)(F)C3)ccc1=O. The van der Waals surface area contributed by atoms with Crippen molar-refractivity contribution in [1.82, 2.24) is 19.6 Å². The number of anilines is 1. The molecule has 0 amide bonds. The van der Waals surface area contributed by atoms with Crippen LogP contribution in [0.4, 0.5) is 19.0 Å². The highest BCUT2D eigenvalue weighted by atomic mass is 19.3. The van der Waals surface area contributed by atoms with Crippen molar-refractivity contribution in [1.29, 1.82) is 0 Å². The van der Waals surface area contributed by atoms with E-state index in [0.29, 0.717) is 34.0 Å². The summed E-state index contributed by atoms with van der Waals surface area (Å²) in [5, 5.41) is 11.7. The number of nitrogens with zero attached hydrogens (tertiary/aromatic N) is 4. The molecule has 0 aliphatic carbocycles. The standard InChI is InChI=1S/C23H18F3N5O/c1-14-4-2-3-5-18(14)31-19(32)11-10-17(28-31)20-21(15-6-8-16(24)9-7-15)29-30-13-23(25,26)12-27-22(20)30/h2-11,27H,12-13H2,1H3. The maximum absolute atomic E-state index is 14.0. The summed E-state index contributed by atoms with van der Waals surface area (Å²) in [6, 6.07) is 15.8. The number of rotatable bonds is 3. The van der Waals surface area contributed by atoms with Gasteiger partial charge in [0.1, 0.15) is 23.9 Å². The summed E-state index contributed by atoms with van der Waals surface area (Å²) >= 11 is 0. The van der Waals surface area contributed by atoms with Crippen molar-refractivity contribution in [2.24, 2.45) is 0 Å². The van der Waals surface area contributed by atoms with Gasteiger partial charge in [0.15, 0.2) is 0 Å². The fourth-order valence-electron chi connectivity index (χ4n) is 3.81. The Morgan fingerprint density at radius 3 is 2.50 bits per heavy atom. The zero-order valence-electron chi connectivity index (χ0n) is 17.0. The van der Waals surface area contributed by atoms with Gasteiger partial charge in [-0.25, -0.2) is 17.9 Å². The number of hydrogen-bond donors (Lipinski definition) is 1. The fourth-order valence-corrected chi connectivity index (χ4v) is 3.81. The van der Waals surface area contributed by atoms with Crippen molar-refractivity contribution in [3.8, 4) is 28.2 Å². The van der Waals surface area contributed by atoms with Gasteiger partial charge in [-0.05, 0) is 48.9 Å². The Morgan fingerprint density at radius 2 is 1.75 bits per heavy atom. The number of aryl methyl sites for hydroxylation is 1. The van der Waals surface area contributed by atoms with Gasteiger partial charge in [0.05, 0.1) is 23.5 Å². The first-order valence-corrected chi connectivity index (χ1v) is 9.98. The summed E-state index contributed by atoms with van der Waals surface area (Å²) in [5.41, 5.74) is 2.90. The van der Waals surface area contributed by atoms with E-state index in [-0.39, 0.29) is 5.56 Å². The Bertz CT molecular complexity index is 1380.